The Hall–Kier alpha value is -3.09. The second-order valence-corrected chi connectivity index (χ2v) is 7.21. The Morgan fingerprint density at radius 1 is 1.14 bits per heavy atom. The average molecular weight is 379 g/mol. The van der Waals surface area contributed by atoms with Crippen molar-refractivity contribution in [2.24, 2.45) is 7.05 Å². The molecule has 4 rings (SSSR count). The molecule has 0 spiro atoms. The lowest BCUT2D eigenvalue weighted by Crippen LogP contribution is -2.21. The highest BCUT2D eigenvalue weighted by atomic mass is 16.5. The zero-order chi connectivity index (χ0) is 19.7. The monoisotopic (exact) mass is 379 g/mol. The molecular formula is C21H25N5O2. The van der Waals surface area contributed by atoms with Crippen LogP contribution in [0.5, 0.6) is 0 Å². The number of carbonyl (C=O) groups is 1. The number of hydrogen-bond acceptors (Lipinski definition) is 5. The van der Waals surface area contributed by atoms with Crippen LogP contribution in [0.1, 0.15) is 40.2 Å². The molecule has 3 aromatic heterocycles. The predicted octanol–water partition coefficient (Wildman–Crippen LogP) is 3.18. The summed E-state index contributed by atoms with van der Waals surface area (Å²) in [5.41, 5.74) is 3.46. The van der Waals surface area contributed by atoms with Crippen LogP contribution in [0.25, 0.3) is 5.82 Å². The number of aromatic nitrogens is 4. The molecule has 1 aliphatic rings. The number of hydrogen-bond donors (Lipinski definition) is 0. The Kier molecular flexibility index (Phi) is 4.90. The molecule has 0 atom stereocenters. The third-order valence-electron chi connectivity index (χ3n) is 5.24. The van der Waals surface area contributed by atoms with E-state index in [0.717, 1.165) is 41.7 Å². The Morgan fingerprint density at radius 2 is 1.86 bits per heavy atom. The van der Waals surface area contributed by atoms with Crippen molar-refractivity contribution in [3.8, 4) is 5.82 Å². The minimum Gasteiger partial charge on any atom is -0.457 e. The SMILES string of the molecule is Cc1ccc(C)n1-c1c(C(=O)OCc2cccnc2N2CCCC2)cnn1C. The van der Waals surface area contributed by atoms with Gasteiger partial charge in [0, 0.05) is 43.3 Å². The van der Waals surface area contributed by atoms with Gasteiger partial charge in [0.15, 0.2) is 0 Å². The van der Waals surface area contributed by atoms with E-state index in [2.05, 4.69) is 15.0 Å². The fourth-order valence-corrected chi connectivity index (χ4v) is 3.82. The van der Waals surface area contributed by atoms with E-state index in [0.29, 0.717) is 5.56 Å². The minimum atomic E-state index is -0.383. The fourth-order valence-electron chi connectivity index (χ4n) is 3.82. The number of aryl methyl sites for hydroxylation is 3. The van der Waals surface area contributed by atoms with Gasteiger partial charge in [-0.15, -0.1) is 0 Å². The van der Waals surface area contributed by atoms with E-state index in [1.807, 2.05) is 49.7 Å². The molecule has 1 saturated heterocycles. The van der Waals surface area contributed by atoms with Crippen LogP contribution in [0.2, 0.25) is 0 Å². The first-order chi connectivity index (χ1) is 13.6. The smallest absolute Gasteiger partial charge is 0.343 e. The summed E-state index contributed by atoms with van der Waals surface area (Å²) in [6, 6.07) is 7.90. The molecule has 4 heterocycles. The molecule has 0 aromatic carbocycles. The summed E-state index contributed by atoms with van der Waals surface area (Å²) >= 11 is 0. The van der Waals surface area contributed by atoms with Crippen LogP contribution >= 0.6 is 0 Å². The van der Waals surface area contributed by atoms with Gasteiger partial charge in [-0.2, -0.15) is 5.10 Å². The van der Waals surface area contributed by atoms with Gasteiger partial charge in [-0.1, -0.05) is 6.07 Å². The molecule has 0 aliphatic carbocycles. The van der Waals surface area contributed by atoms with Crippen molar-refractivity contribution in [1.82, 2.24) is 19.3 Å². The first kappa shape index (κ1) is 18.3. The summed E-state index contributed by atoms with van der Waals surface area (Å²) in [5.74, 6) is 1.25. The second-order valence-electron chi connectivity index (χ2n) is 7.21. The van der Waals surface area contributed by atoms with Gasteiger partial charge >= 0.3 is 5.97 Å². The summed E-state index contributed by atoms with van der Waals surface area (Å²) in [4.78, 5) is 19.6. The van der Waals surface area contributed by atoms with Gasteiger partial charge in [0.25, 0.3) is 0 Å². The lowest BCUT2D eigenvalue weighted by atomic mass is 10.2. The minimum absolute atomic E-state index is 0.191. The number of nitrogens with zero attached hydrogens (tertiary/aromatic N) is 5. The van der Waals surface area contributed by atoms with Crippen molar-refractivity contribution in [3.63, 3.8) is 0 Å². The Balaban J connectivity index is 1.57. The number of pyridine rings is 1. The Morgan fingerprint density at radius 3 is 2.57 bits per heavy atom. The van der Waals surface area contributed by atoms with Crippen molar-refractivity contribution in [2.45, 2.75) is 33.3 Å². The number of carbonyl (C=O) groups excluding carboxylic acids is 1. The highest BCUT2D eigenvalue weighted by Crippen LogP contribution is 2.24. The van der Waals surface area contributed by atoms with E-state index < -0.39 is 0 Å². The summed E-state index contributed by atoms with van der Waals surface area (Å²) in [6.07, 6.45) is 5.70. The molecule has 146 valence electrons. The Bertz CT molecular complexity index is 979. The second kappa shape index (κ2) is 7.50. The largest absolute Gasteiger partial charge is 0.457 e. The van der Waals surface area contributed by atoms with Gasteiger partial charge in [-0.3, -0.25) is 4.68 Å². The number of anilines is 1. The van der Waals surface area contributed by atoms with Crippen molar-refractivity contribution in [2.75, 3.05) is 18.0 Å². The van der Waals surface area contributed by atoms with Gasteiger partial charge in [0.1, 0.15) is 23.8 Å². The standard InChI is InChI=1S/C21H25N5O2/c1-15-8-9-16(2)26(15)20-18(13-23-24(20)3)21(27)28-14-17-7-6-10-22-19(17)25-11-4-5-12-25/h6-10,13H,4-5,11-12,14H2,1-3H3. The van der Waals surface area contributed by atoms with Crippen LogP contribution in [0.4, 0.5) is 5.82 Å². The first-order valence-corrected chi connectivity index (χ1v) is 9.59. The molecular weight excluding hydrogens is 354 g/mol. The molecule has 0 radical (unpaired) electrons. The van der Waals surface area contributed by atoms with Crippen LogP contribution in [0.3, 0.4) is 0 Å². The van der Waals surface area contributed by atoms with Gasteiger partial charge in [0.05, 0.1) is 6.20 Å². The van der Waals surface area contributed by atoms with E-state index in [1.54, 1.807) is 17.1 Å². The summed E-state index contributed by atoms with van der Waals surface area (Å²) in [6.45, 7) is 6.20. The van der Waals surface area contributed by atoms with Crippen LogP contribution in [-0.2, 0) is 18.4 Å². The molecule has 0 bridgehead atoms. The number of esters is 1. The summed E-state index contributed by atoms with van der Waals surface area (Å²) in [7, 11) is 1.83. The quantitative estimate of drug-likeness (QED) is 0.637. The predicted molar refractivity (Wildman–Crippen MR) is 107 cm³/mol. The molecule has 7 nitrogen and oxygen atoms in total. The molecule has 7 heteroatoms. The lowest BCUT2D eigenvalue weighted by molar-refractivity contribution is 0.0473. The van der Waals surface area contributed by atoms with Gasteiger partial charge < -0.3 is 14.2 Å². The molecule has 0 saturated carbocycles. The van der Waals surface area contributed by atoms with E-state index >= 15 is 0 Å². The molecule has 1 fully saturated rings. The van der Waals surface area contributed by atoms with Crippen molar-refractivity contribution in [3.05, 3.63) is 59.2 Å². The molecule has 0 amide bonds. The van der Waals surface area contributed by atoms with E-state index in [4.69, 9.17) is 4.74 Å². The van der Waals surface area contributed by atoms with Gasteiger partial charge in [0.2, 0.25) is 0 Å². The van der Waals surface area contributed by atoms with Gasteiger partial charge in [-0.25, -0.2) is 9.78 Å². The maximum absolute atomic E-state index is 12.9. The van der Waals surface area contributed by atoms with Crippen molar-refractivity contribution < 1.29 is 9.53 Å². The first-order valence-electron chi connectivity index (χ1n) is 9.59. The maximum atomic E-state index is 12.9. The van der Waals surface area contributed by atoms with E-state index in [9.17, 15) is 4.79 Å². The third-order valence-corrected chi connectivity index (χ3v) is 5.24. The highest BCUT2D eigenvalue weighted by Gasteiger charge is 2.22. The molecule has 3 aromatic rings. The number of rotatable bonds is 5. The zero-order valence-electron chi connectivity index (χ0n) is 16.6. The van der Waals surface area contributed by atoms with Gasteiger partial charge in [-0.05, 0) is 44.9 Å². The fraction of sp³-hybridized carbons (Fsp3) is 0.381. The van der Waals surface area contributed by atoms with E-state index in [1.165, 1.54) is 12.8 Å². The van der Waals surface area contributed by atoms with Crippen LogP contribution in [0.15, 0.2) is 36.7 Å². The van der Waals surface area contributed by atoms with Crippen molar-refractivity contribution >= 4 is 11.8 Å². The van der Waals surface area contributed by atoms with Crippen LogP contribution in [0, 0.1) is 13.8 Å². The zero-order valence-corrected chi connectivity index (χ0v) is 16.6. The van der Waals surface area contributed by atoms with Crippen LogP contribution in [-0.4, -0.2) is 38.4 Å². The maximum Gasteiger partial charge on any atom is 0.343 e. The normalized spacial score (nSPS) is 13.9. The molecule has 28 heavy (non-hydrogen) atoms. The van der Waals surface area contributed by atoms with Crippen molar-refractivity contribution in [1.29, 1.82) is 0 Å². The molecule has 1 aliphatic heterocycles. The topological polar surface area (TPSA) is 65.2 Å². The molecule has 0 unspecified atom stereocenters. The lowest BCUT2D eigenvalue weighted by Gasteiger charge is -2.19. The third kappa shape index (κ3) is 3.28. The highest BCUT2D eigenvalue weighted by molar-refractivity contribution is 5.92. The van der Waals surface area contributed by atoms with Crippen LogP contribution < -0.4 is 4.90 Å². The average Bonchev–Trinajstić information content (AvgIpc) is 3.42. The molecule has 0 N–H and O–H groups in total. The number of ether oxygens (including phenoxy) is 1. The Labute approximate surface area is 164 Å². The summed E-state index contributed by atoms with van der Waals surface area (Å²) in [5, 5.41) is 4.29. The summed E-state index contributed by atoms with van der Waals surface area (Å²) < 4.78 is 9.40. The van der Waals surface area contributed by atoms with E-state index in [-0.39, 0.29) is 12.6 Å².